The van der Waals surface area contributed by atoms with Crippen LogP contribution in [-0.4, -0.2) is 0 Å². The fraction of sp³-hybridized carbons (Fsp3) is 0.455. The fourth-order valence-electron chi connectivity index (χ4n) is 1.69. The summed E-state index contributed by atoms with van der Waals surface area (Å²) in [6.07, 6.45) is 3.37. The second-order valence-corrected chi connectivity index (χ2v) is 4.24. The molecule has 14 heavy (non-hydrogen) atoms. The molecule has 0 bridgehead atoms. The lowest BCUT2D eigenvalue weighted by molar-refractivity contribution is 0.305. The highest BCUT2D eigenvalue weighted by molar-refractivity contribution is 6.21. The quantitative estimate of drug-likeness (QED) is 0.655. The largest absolute Gasteiger partial charge is 0.204 e. The molecular formula is C11H11ClF2. The smallest absolute Gasteiger partial charge is 0.159 e. The summed E-state index contributed by atoms with van der Waals surface area (Å²) in [5.74, 6) is -1.19. The zero-order valence-corrected chi connectivity index (χ0v) is 8.40. The summed E-state index contributed by atoms with van der Waals surface area (Å²) >= 11 is 6.14. The van der Waals surface area contributed by atoms with Crippen molar-refractivity contribution < 1.29 is 8.78 Å². The second kappa shape index (κ2) is 3.85. The van der Waals surface area contributed by atoms with E-state index < -0.39 is 11.6 Å². The van der Waals surface area contributed by atoms with Gasteiger partial charge in [0, 0.05) is 0 Å². The zero-order valence-electron chi connectivity index (χ0n) is 7.64. The van der Waals surface area contributed by atoms with Crippen LogP contribution in [0.15, 0.2) is 18.2 Å². The lowest BCUT2D eigenvalue weighted by Gasteiger charge is -2.30. The van der Waals surface area contributed by atoms with E-state index >= 15 is 0 Å². The molecule has 1 atom stereocenters. The van der Waals surface area contributed by atoms with E-state index in [1.807, 2.05) is 0 Å². The normalized spacial score (nSPS) is 19.1. The first kappa shape index (κ1) is 9.91. The number of hydrogen-bond donors (Lipinski definition) is 0. The highest BCUT2D eigenvalue weighted by Crippen LogP contribution is 2.41. The highest BCUT2D eigenvalue weighted by atomic mass is 35.5. The average molecular weight is 217 g/mol. The molecule has 1 aromatic rings. The van der Waals surface area contributed by atoms with Crippen LogP contribution in [0.25, 0.3) is 0 Å². The van der Waals surface area contributed by atoms with Crippen LogP contribution >= 0.6 is 11.6 Å². The number of halogens is 3. The molecule has 1 saturated carbocycles. The third kappa shape index (κ3) is 1.76. The number of benzene rings is 1. The first-order valence-corrected chi connectivity index (χ1v) is 5.21. The van der Waals surface area contributed by atoms with Gasteiger partial charge in [-0.25, -0.2) is 8.78 Å². The molecule has 0 saturated heterocycles. The predicted octanol–water partition coefficient (Wildman–Crippen LogP) is 4.04. The van der Waals surface area contributed by atoms with Crippen LogP contribution in [0.5, 0.6) is 0 Å². The van der Waals surface area contributed by atoms with Crippen molar-refractivity contribution in [2.75, 3.05) is 0 Å². The van der Waals surface area contributed by atoms with Crippen molar-refractivity contribution in [2.45, 2.75) is 24.6 Å². The van der Waals surface area contributed by atoms with Crippen LogP contribution in [0.2, 0.25) is 0 Å². The molecule has 1 fully saturated rings. The Hall–Kier alpha value is -0.630. The van der Waals surface area contributed by atoms with Crippen LogP contribution in [0.3, 0.4) is 0 Å². The summed E-state index contributed by atoms with van der Waals surface area (Å²) in [6.45, 7) is 0. The van der Waals surface area contributed by atoms with E-state index in [0.29, 0.717) is 11.5 Å². The summed E-state index contributed by atoms with van der Waals surface area (Å²) in [5.41, 5.74) is 0.690. The maximum Gasteiger partial charge on any atom is 0.159 e. The lowest BCUT2D eigenvalue weighted by atomic mass is 9.80. The van der Waals surface area contributed by atoms with Gasteiger partial charge in [-0.2, -0.15) is 0 Å². The number of hydrogen-bond acceptors (Lipinski definition) is 0. The molecule has 0 aliphatic heterocycles. The molecular weight excluding hydrogens is 206 g/mol. The summed E-state index contributed by atoms with van der Waals surface area (Å²) in [7, 11) is 0. The Labute approximate surface area is 86.9 Å². The molecule has 1 unspecified atom stereocenters. The van der Waals surface area contributed by atoms with Gasteiger partial charge >= 0.3 is 0 Å². The summed E-state index contributed by atoms with van der Waals surface area (Å²) in [4.78, 5) is 0. The van der Waals surface area contributed by atoms with Gasteiger partial charge in [-0.3, -0.25) is 0 Å². The zero-order chi connectivity index (χ0) is 10.1. The first-order chi connectivity index (χ1) is 6.68. The molecule has 1 aliphatic carbocycles. The predicted molar refractivity (Wildman–Crippen MR) is 52.3 cm³/mol. The van der Waals surface area contributed by atoms with E-state index in [1.54, 1.807) is 6.07 Å². The molecule has 0 radical (unpaired) electrons. The van der Waals surface area contributed by atoms with Crippen molar-refractivity contribution in [3.63, 3.8) is 0 Å². The number of rotatable bonds is 2. The summed E-state index contributed by atoms with van der Waals surface area (Å²) < 4.78 is 25.5. The fourth-order valence-corrected chi connectivity index (χ4v) is 2.08. The molecule has 1 aromatic carbocycles. The Balaban J connectivity index is 2.18. The van der Waals surface area contributed by atoms with E-state index in [4.69, 9.17) is 11.6 Å². The standard InChI is InChI=1S/C11H11ClF2/c12-11(7-2-1-3-7)8-4-5-9(13)10(14)6-8/h4-7,11H,1-3H2. The summed E-state index contributed by atoms with van der Waals surface area (Å²) in [6, 6.07) is 3.90. The Kier molecular flexibility index (Phi) is 2.73. The van der Waals surface area contributed by atoms with Gasteiger partial charge in [0.25, 0.3) is 0 Å². The van der Waals surface area contributed by atoms with E-state index in [2.05, 4.69) is 0 Å². The van der Waals surface area contributed by atoms with Crippen molar-refractivity contribution in [3.05, 3.63) is 35.4 Å². The van der Waals surface area contributed by atoms with Crippen molar-refractivity contribution in [1.29, 1.82) is 0 Å². The average Bonchev–Trinajstić information content (AvgIpc) is 2.06. The van der Waals surface area contributed by atoms with E-state index in [0.717, 1.165) is 18.9 Å². The topological polar surface area (TPSA) is 0 Å². The molecule has 0 amide bonds. The monoisotopic (exact) mass is 216 g/mol. The highest BCUT2D eigenvalue weighted by Gasteiger charge is 2.27. The van der Waals surface area contributed by atoms with Crippen molar-refractivity contribution in [1.82, 2.24) is 0 Å². The van der Waals surface area contributed by atoms with Gasteiger partial charge in [-0.1, -0.05) is 12.5 Å². The summed E-state index contributed by atoms with van der Waals surface area (Å²) in [5, 5.41) is -0.168. The van der Waals surface area contributed by atoms with Gasteiger partial charge in [0.1, 0.15) is 0 Å². The molecule has 1 aliphatic rings. The molecule has 2 rings (SSSR count). The van der Waals surface area contributed by atoms with Crippen LogP contribution in [0.1, 0.15) is 30.2 Å². The molecule has 0 aromatic heterocycles. The molecule has 0 heterocycles. The van der Waals surface area contributed by atoms with Gasteiger partial charge in [0.2, 0.25) is 0 Å². The SMILES string of the molecule is Fc1ccc(C(Cl)C2CCC2)cc1F. The van der Waals surface area contributed by atoms with E-state index in [-0.39, 0.29) is 5.38 Å². The van der Waals surface area contributed by atoms with Gasteiger partial charge in [-0.05, 0) is 36.5 Å². The van der Waals surface area contributed by atoms with Crippen molar-refractivity contribution in [3.8, 4) is 0 Å². The molecule has 0 nitrogen and oxygen atoms in total. The van der Waals surface area contributed by atoms with E-state index in [9.17, 15) is 8.78 Å². The third-order valence-electron chi connectivity index (χ3n) is 2.83. The maximum atomic E-state index is 12.9. The van der Waals surface area contributed by atoms with Crippen LogP contribution in [0, 0.1) is 17.6 Å². The minimum Gasteiger partial charge on any atom is -0.204 e. The Bertz CT molecular complexity index is 334. The molecule has 0 N–H and O–H groups in total. The van der Waals surface area contributed by atoms with Gasteiger partial charge in [-0.15, -0.1) is 11.6 Å². The maximum absolute atomic E-state index is 12.9. The third-order valence-corrected chi connectivity index (χ3v) is 3.43. The minimum atomic E-state index is -0.814. The van der Waals surface area contributed by atoms with E-state index in [1.165, 1.54) is 12.5 Å². The Morgan fingerprint density at radius 3 is 2.43 bits per heavy atom. The molecule has 0 spiro atoms. The Morgan fingerprint density at radius 2 is 1.93 bits per heavy atom. The van der Waals surface area contributed by atoms with Gasteiger partial charge in [0.15, 0.2) is 11.6 Å². The molecule has 76 valence electrons. The number of alkyl halides is 1. The molecule has 3 heteroatoms. The van der Waals surface area contributed by atoms with Crippen molar-refractivity contribution in [2.24, 2.45) is 5.92 Å². The van der Waals surface area contributed by atoms with Crippen molar-refractivity contribution >= 4 is 11.6 Å². The Morgan fingerprint density at radius 1 is 1.21 bits per heavy atom. The van der Waals surface area contributed by atoms with Gasteiger partial charge in [0.05, 0.1) is 5.38 Å². The van der Waals surface area contributed by atoms with Crippen LogP contribution < -0.4 is 0 Å². The minimum absolute atomic E-state index is 0.168. The second-order valence-electron chi connectivity index (χ2n) is 3.77. The van der Waals surface area contributed by atoms with Crippen LogP contribution in [-0.2, 0) is 0 Å². The lowest BCUT2D eigenvalue weighted by Crippen LogP contribution is -2.16. The van der Waals surface area contributed by atoms with Crippen LogP contribution in [0.4, 0.5) is 8.78 Å². The first-order valence-electron chi connectivity index (χ1n) is 4.77. The van der Waals surface area contributed by atoms with Gasteiger partial charge < -0.3 is 0 Å².